The summed E-state index contributed by atoms with van der Waals surface area (Å²) in [6.07, 6.45) is 2.73. The third kappa shape index (κ3) is 2.61. The third-order valence-electron chi connectivity index (χ3n) is 2.52. The Morgan fingerprint density at radius 1 is 1.33 bits per heavy atom. The number of hydrogen-bond donors (Lipinski definition) is 1. The van der Waals surface area contributed by atoms with Gasteiger partial charge in [0.05, 0.1) is 11.9 Å². The number of nitrogens with one attached hydrogen (secondary N) is 1. The Morgan fingerprint density at radius 3 is 2.67 bits per heavy atom. The molecule has 0 aliphatic rings. The van der Waals surface area contributed by atoms with Gasteiger partial charge in [-0.15, -0.1) is 0 Å². The van der Waals surface area contributed by atoms with Gasteiger partial charge in [0, 0.05) is 17.2 Å². The highest BCUT2D eigenvalue weighted by atomic mass is 32.1. The van der Waals surface area contributed by atoms with Crippen LogP contribution < -0.4 is 0 Å². The second-order valence-electron chi connectivity index (χ2n) is 5.09. The van der Waals surface area contributed by atoms with Gasteiger partial charge in [0.1, 0.15) is 10.5 Å². The van der Waals surface area contributed by atoms with Crippen LogP contribution in [0.3, 0.4) is 0 Å². The van der Waals surface area contributed by atoms with Crippen LogP contribution in [0.5, 0.6) is 0 Å². The minimum Gasteiger partial charge on any atom is -0.343 e. The molecule has 2 rings (SSSR count). The zero-order valence-electron chi connectivity index (χ0n) is 10.5. The summed E-state index contributed by atoms with van der Waals surface area (Å²) in [6, 6.07) is 3.27. The van der Waals surface area contributed by atoms with E-state index in [4.69, 9.17) is 12.2 Å². The van der Waals surface area contributed by atoms with Crippen molar-refractivity contribution in [1.82, 2.24) is 15.0 Å². The lowest BCUT2D eigenvalue weighted by Gasteiger charge is -2.18. The van der Waals surface area contributed by atoms with E-state index in [0.29, 0.717) is 15.9 Å². The first-order chi connectivity index (χ1) is 8.38. The van der Waals surface area contributed by atoms with Gasteiger partial charge in [-0.2, -0.15) is 0 Å². The van der Waals surface area contributed by atoms with Crippen LogP contribution in [0.2, 0.25) is 0 Å². The van der Waals surface area contributed by atoms with Crippen molar-refractivity contribution in [3.05, 3.63) is 40.8 Å². The summed E-state index contributed by atoms with van der Waals surface area (Å²) in [7, 11) is 0. The zero-order valence-corrected chi connectivity index (χ0v) is 11.3. The van der Waals surface area contributed by atoms with E-state index >= 15 is 0 Å². The van der Waals surface area contributed by atoms with Crippen molar-refractivity contribution in [2.24, 2.45) is 0 Å². The Kier molecular flexibility index (Phi) is 3.26. The normalized spacial score (nSPS) is 11.6. The molecule has 94 valence electrons. The van der Waals surface area contributed by atoms with Gasteiger partial charge in [0.2, 0.25) is 0 Å². The number of hydrogen-bond acceptors (Lipinski definition) is 3. The molecule has 0 amide bonds. The van der Waals surface area contributed by atoms with E-state index in [2.05, 4.69) is 15.0 Å². The van der Waals surface area contributed by atoms with Gasteiger partial charge in [-0.1, -0.05) is 33.0 Å². The fourth-order valence-corrected chi connectivity index (χ4v) is 1.76. The topological polar surface area (TPSA) is 41.6 Å². The van der Waals surface area contributed by atoms with Gasteiger partial charge in [0.15, 0.2) is 5.82 Å². The highest BCUT2D eigenvalue weighted by Gasteiger charge is 2.17. The second-order valence-corrected chi connectivity index (χ2v) is 5.51. The van der Waals surface area contributed by atoms with Crippen LogP contribution in [0.15, 0.2) is 24.5 Å². The lowest BCUT2D eigenvalue weighted by Crippen LogP contribution is -2.16. The lowest BCUT2D eigenvalue weighted by atomic mass is 9.95. The Balaban J connectivity index is 2.63. The van der Waals surface area contributed by atoms with E-state index < -0.39 is 0 Å². The Hall–Kier alpha value is -1.62. The predicted molar refractivity (Wildman–Crippen MR) is 71.3 cm³/mol. The van der Waals surface area contributed by atoms with Gasteiger partial charge in [-0.05, 0) is 12.1 Å². The number of halogens is 1. The average molecular weight is 263 g/mol. The molecule has 0 spiro atoms. The maximum absolute atomic E-state index is 13.7. The summed E-state index contributed by atoms with van der Waals surface area (Å²) in [5.74, 6) is 0.357. The number of aromatic amines is 1. The third-order valence-corrected chi connectivity index (χ3v) is 2.73. The number of aromatic nitrogens is 3. The van der Waals surface area contributed by atoms with E-state index in [1.807, 2.05) is 20.8 Å². The summed E-state index contributed by atoms with van der Waals surface area (Å²) in [6.45, 7) is 6.06. The molecule has 0 aliphatic carbocycles. The van der Waals surface area contributed by atoms with Crippen LogP contribution in [0.4, 0.5) is 4.39 Å². The fraction of sp³-hybridized carbons (Fsp3) is 0.308. The van der Waals surface area contributed by atoms with Crippen molar-refractivity contribution in [2.45, 2.75) is 26.2 Å². The van der Waals surface area contributed by atoms with Gasteiger partial charge in [0.25, 0.3) is 0 Å². The van der Waals surface area contributed by atoms with Crippen molar-refractivity contribution in [3.8, 4) is 11.3 Å². The summed E-state index contributed by atoms with van der Waals surface area (Å²) >= 11 is 5.13. The van der Waals surface area contributed by atoms with Gasteiger partial charge in [-0.25, -0.2) is 9.37 Å². The molecule has 2 aromatic heterocycles. The molecule has 2 aromatic rings. The molecule has 0 bridgehead atoms. The Morgan fingerprint density at radius 2 is 2.06 bits per heavy atom. The van der Waals surface area contributed by atoms with Crippen LogP contribution in [0, 0.1) is 10.5 Å². The first-order valence-corrected chi connectivity index (χ1v) is 6.00. The smallest absolute Gasteiger partial charge is 0.150 e. The molecule has 0 atom stereocenters. The highest BCUT2D eigenvalue weighted by Crippen LogP contribution is 2.24. The molecule has 0 fully saturated rings. The molecule has 0 saturated carbocycles. The molecular weight excluding hydrogens is 249 g/mol. The minimum absolute atomic E-state index is 0.174. The molecular formula is C13H14FN3S. The molecule has 0 radical (unpaired) electrons. The highest BCUT2D eigenvalue weighted by molar-refractivity contribution is 7.71. The minimum atomic E-state index is -0.380. The molecule has 2 heterocycles. The Bertz CT molecular complexity index is 629. The Labute approximate surface area is 110 Å². The van der Waals surface area contributed by atoms with E-state index in [1.165, 1.54) is 6.20 Å². The standard InChI is InChI=1S/C13H14FN3S/c1-13(2,3)12-16-10(6-11(18)17-12)8-4-5-15-7-9(8)14/h4-7H,1-3H3,(H,16,17,18). The van der Waals surface area contributed by atoms with Crippen molar-refractivity contribution in [1.29, 1.82) is 0 Å². The van der Waals surface area contributed by atoms with Crippen LogP contribution >= 0.6 is 12.2 Å². The number of pyridine rings is 1. The van der Waals surface area contributed by atoms with E-state index in [-0.39, 0.29) is 11.2 Å². The summed E-state index contributed by atoms with van der Waals surface area (Å²) in [5, 5.41) is 0. The first-order valence-electron chi connectivity index (χ1n) is 5.59. The molecule has 5 heteroatoms. The number of H-pyrrole nitrogens is 1. The van der Waals surface area contributed by atoms with Crippen LogP contribution in [0.25, 0.3) is 11.3 Å². The summed E-state index contributed by atoms with van der Waals surface area (Å²) in [4.78, 5) is 11.2. The first kappa shape index (κ1) is 12.8. The molecule has 1 N–H and O–H groups in total. The van der Waals surface area contributed by atoms with Crippen LogP contribution in [-0.4, -0.2) is 15.0 Å². The second kappa shape index (κ2) is 4.57. The quantitative estimate of drug-likeness (QED) is 0.799. The number of rotatable bonds is 1. The monoisotopic (exact) mass is 263 g/mol. The van der Waals surface area contributed by atoms with Crippen molar-refractivity contribution >= 4 is 12.2 Å². The largest absolute Gasteiger partial charge is 0.343 e. The van der Waals surface area contributed by atoms with Gasteiger partial charge < -0.3 is 4.98 Å². The average Bonchev–Trinajstić information content (AvgIpc) is 2.27. The van der Waals surface area contributed by atoms with Crippen molar-refractivity contribution in [2.75, 3.05) is 0 Å². The van der Waals surface area contributed by atoms with E-state index in [1.54, 1.807) is 18.3 Å². The maximum Gasteiger partial charge on any atom is 0.150 e. The van der Waals surface area contributed by atoms with Gasteiger partial charge >= 0.3 is 0 Å². The zero-order chi connectivity index (χ0) is 13.3. The van der Waals surface area contributed by atoms with Gasteiger partial charge in [-0.3, -0.25) is 4.98 Å². The van der Waals surface area contributed by atoms with E-state index in [0.717, 1.165) is 5.82 Å². The van der Waals surface area contributed by atoms with E-state index in [9.17, 15) is 4.39 Å². The van der Waals surface area contributed by atoms with Crippen molar-refractivity contribution < 1.29 is 4.39 Å². The molecule has 0 unspecified atom stereocenters. The molecule has 0 aliphatic heterocycles. The SMILES string of the molecule is CC(C)(C)c1nc(=S)cc(-c2ccncc2F)[nH]1. The number of nitrogens with zero attached hydrogens (tertiary/aromatic N) is 2. The summed E-state index contributed by atoms with van der Waals surface area (Å²) in [5.41, 5.74) is 0.899. The predicted octanol–water partition coefficient (Wildman–Crippen LogP) is 3.64. The molecule has 18 heavy (non-hydrogen) atoms. The van der Waals surface area contributed by atoms with Crippen molar-refractivity contribution in [3.63, 3.8) is 0 Å². The molecule has 3 nitrogen and oxygen atoms in total. The van der Waals surface area contributed by atoms with Crippen LogP contribution in [-0.2, 0) is 5.41 Å². The summed E-state index contributed by atoms with van der Waals surface area (Å²) < 4.78 is 14.1. The maximum atomic E-state index is 13.7. The molecule has 0 saturated heterocycles. The van der Waals surface area contributed by atoms with Crippen LogP contribution in [0.1, 0.15) is 26.6 Å². The fourth-order valence-electron chi connectivity index (χ4n) is 1.55. The lowest BCUT2D eigenvalue weighted by molar-refractivity contribution is 0.544. The molecule has 0 aromatic carbocycles.